The van der Waals surface area contributed by atoms with Crippen molar-refractivity contribution in [2.24, 2.45) is 0 Å². The van der Waals surface area contributed by atoms with Gasteiger partial charge in [-0.25, -0.2) is 8.42 Å². The zero-order valence-electron chi connectivity index (χ0n) is 14.7. The number of para-hydroxylation sites is 1. The van der Waals surface area contributed by atoms with Gasteiger partial charge in [0.15, 0.2) is 0 Å². The standard InChI is InChI=1S/C20H16Cl2N2O3S/c1-13-5-4-6-14(11-13)24-28(26,27)15-9-10-17(21)16(12-15)20(25)23-19-8-3-2-7-18(19)22/h2-12,24H,1H3,(H,23,25). The first-order chi connectivity index (χ1) is 13.3. The van der Waals surface area contributed by atoms with Crippen LogP contribution in [0, 0.1) is 6.92 Å². The van der Waals surface area contributed by atoms with Crippen LogP contribution < -0.4 is 10.0 Å². The third kappa shape index (κ3) is 4.65. The van der Waals surface area contributed by atoms with Gasteiger partial charge in [0.2, 0.25) is 0 Å². The molecule has 3 aromatic rings. The molecule has 2 N–H and O–H groups in total. The molecular formula is C20H16Cl2N2O3S. The van der Waals surface area contributed by atoms with E-state index in [9.17, 15) is 13.2 Å². The van der Waals surface area contributed by atoms with Gasteiger partial charge < -0.3 is 5.32 Å². The fourth-order valence-electron chi connectivity index (χ4n) is 2.52. The van der Waals surface area contributed by atoms with E-state index in [1.54, 1.807) is 42.5 Å². The second kappa shape index (κ2) is 8.22. The lowest BCUT2D eigenvalue weighted by Crippen LogP contribution is -2.16. The van der Waals surface area contributed by atoms with E-state index in [2.05, 4.69) is 10.0 Å². The zero-order valence-corrected chi connectivity index (χ0v) is 17.1. The summed E-state index contributed by atoms with van der Waals surface area (Å²) < 4.78 is 27.9. The number of carbonyl (C=O) groups excluding carboxylic acids is 1. The van der Waals surface area contributed by atoms with Gasteiger partial charge in [-0.2, -0.15) is 0 Å². The number of amides is 1. The molecular weight excluding hydrogens is 419 g/mol. The Kier molecular flexibility index (Phi) is 5.93. The minimum Gasteiger partial charge on any atom is -0.321 e. The normalized spacial score (nSPS) is 11.1. The first kappa shape index (κ1) is 20.2. The summed E-state index contributed by atoms with van der Waals surface area (Å²) >= 11 is 12.2. The van der Waals surface area contributed by atoms with Gasteiger partial charge in [0.05, 0.1) is 26.2 Å². The van der Waals surface area contributed by atoms with Crippen molar-refractivity contribution in [2.75, 3.05) is 10.0 Å². The molecule has 0 aliphatic carbocycles. The van der Waals surface area contributed by atoms with Crippen LogP contribution in [0.4, 0.5) is 11.4 Å². The molecule has 28 heavy (non-hydrogen) atoms. The van der Waals surface area contributed by atoms with E-state index < -0.39 is 15.9 Å². The number of benzene rings is 3. The van der Waals surface area contributed by atoms with Gasteiger partial charge in [-0.3, -0.25) is 9.52 Å². The minimum atomic E-state index is -3.90. The molecule has 1 amide bonds. The largest absolute Gasteiger partial charge is 0.321 e. The molecule has 5 nitrogen and oxygen atoms in total. The number of rotatable bonds is 5. The third-order valence-electron chi connectivity index (χ3n) is 3.89. The van der Waals surface area contributed by atoms with Crippen LogP contribution in [0.25, 0.3) is 0 Å². The number of carbonyl (C=O) groups is 1. The Labute approximate surface area is 173 Å². The topological polar surface area (TPSA) is 75.3 Å². The van der Waals surface area contributed by atoms with Crippen LogP contribution in [0.1, 0.15) is 15.9 Å². The molecule has 0 aliphatic heterocycles. The van der Waals surface area contributed by atoms with Gasteiger partial charge >= 0.3 is 0 Å². The lowest BCUT2D eigenvalue weighted by Gasteiger charge is -2.12. The van der Waals surface area contributed by atoms with Crippen LogP contribution in [0.2, 0.25) is 10.0 Å². The maximum atomic E-state index is 12.7. The maximum absolute atomic E-state index is 12.7. The Morgan fingerprint density at radius 2 is 1.64 bits per heavy atom. The van der Waals surface area contributed by atoms with Gasteiger partial charge in [0.25, 0.3) is 15.9 Å². The lowest BCUT2D eigenvalue weighted by atomic mass is 10.2. The van der Waals surface area contributed by atoms with Crippen molar-refractivity contribution >= 4 is 50.5 Å². The minimum absolute atomic E-state index is 0.0219. The molecule has 144 valence electrons. The van der Waals surface area contributed by atoms with Gasteiger partial charge in [0.1, 0.15) is 0 Å². The Hall–Kier alpha value is -2.54. The quantitative estimate of drug-likeness (QED) is 0.567. The summed E-state index contributed by atoms with van der Waals surface area (Å²) in [6.07, 6.45) is 0. The monoisotopic (exact) mass is 434 g/mol. The molecule has 0 atom stereocenters. The first-order valence-electron chi connectivity index (χ1n) is 8.21. The van der Waals surface area contributed by atoms with E-state index >= 15 is 0 Å². The highest BCUT2D eigenvalue weighted by Gasteiger charge is 2.19. The van der Waals surface area contributed by atoms with Crippen LogP contribution >= 0.6 is 23.2 Å². The van der Waals surface area contributed by atoms with E-state index in [0.717, 1.165) is 5.56 Å². The predicted molar refractivity (Wildman–Crippen MR) is 113 cm³/mol. The van der Waals surface area contributed by atoms with E-state index in [-0.39, 0.29) is 15.5 Å². The van der Waals surface area contributed by atoms with Crippen molar-refractivity contribution in [3.05, 3.63) is 87.9 Å². The van der Waals surface area contributed by atoms with Crippen molar-refractivity contribution < 1.29 is 13.2 Å². The lowest BCUT2D eigenvalue weighted by molar-refractivity contribution is 0.102. The van der Waals surface area contributed by atoms with Crippen molar-refractivity contribution in [1.29, 1.82) is 0 Å². The number of anilines is 2. The molecule has 0 radical (unpaired) electrons. The summed E-state index contributed by atoms with van der Waals surface area (Å²) in [4.78, 5) is 12.5. The summed E-state index contributed by atoms with van der Waals surface area (Å²) in [7, 11) is -3.90. The van der Waals surface area contributed by atoms with E-state index in [4.69, 9.17) is 23.2 Å². The van der Waals surface area contributed by atoms with E-state index in [0.29, 0.717) is 16.4 Å². The number of halogens is 2. The number of hydrogen-bond donors (Lipinski definition) is 2. The van der Waals surface area contributed by atoms with Crippen LogP contribution in [0.15, 0.2) is 71.6 Å². The van der Waals surface area contributed by atoms with E-state index in [1.165, 1.54) is 18.2 Å². The Morgan fingerprint density at radius 1 is 0.893 bits per heavy atom. The van der Waals surface area contributed by atoms with Crippen LogP contribution in [-0.2, 0) is 10.0 Å². The van der Waals surface area contributed by atoms with Gasteiger partial charge in [-0.1, -0.05) is 47.5 Å². The molecule has 0 heterocycles. The molecule has 0 fully saturated rings. The van der Waals surface area contributed by atoms with Gasteiger partial charge in [-0.15, -0.1) is 0 Å². The second-order valence-electron chi connectivity index (χ2n) is 6.05. The molecule has 3 rings (SSSR count). The van der Waals surface area contributed by atoms with Gasteiger partial charge in [-0.05, 0) is 55.0 Å². The average molecular weight is 435 g/mol. The number of hydrogen-bond acceptors (Lipinski definition) is 3. The maximum Gasteiger partial charge on any atom is 0.261 e. The fourth-order valence-corrected chi connectivity index (χ4v) is 3.98. The van der Waals surface area contributed by atoms with Crippen LogP contribution in [0.5, 0.6) is 0 Å². The Balaban J connectivity index is 1.90. The Bertz CT molecular complexity index is 1150. The molecule has 8 heteroatoms. The van der Waals surface area contributed by atoms with Crippen molar-refractivity contribution in [2.45, 2.75) is 11.8 Å². The number of nitrogens with one attached hydrogen (secondary N) is 2. The highest BCUT2D eigenvalue weighted by molar-refractivity contribution is 7.92. The summed E-state index contributed by atoms with van der Waals surface area (Å²) in [6, 6.07) is 17.6. The van der Waals surface area contributed by atoms with Crippen LogP contribution in [0.3, 0.4) is 0 Å². The smallest absolute Gasteiger partial charge is 0.261 e. The number of sulfonamides is 1. The highest BCUT2D eigenvalue weighted by Crippen LogP contribution is 2.26. The van der Waals surface area contributed by atoms with Crippen molar-refractivity contribution in [3.63, 3.8) is 0 Å². The zero-order chi connectivity index (χ0) is 20.3. The SMILES string of the molecule is Cc1cccc(NS(=O)(=O)c2ccc(Cl)c(C(=O)Nc3ccccc3Cl)c2)c1. The van der Waals surface area contributed by atoms with Crippen LogP contribution in [-0.4, -0.2) is 14.3 Å². The second-order valence-corrected chi connectivity index (χ2v) is 8.55. The summed E-state index contributed by atoms with van der Waals surface area (Å²) in [5.74, 6) is -0.564. The highest BCUT2D eigenvalue weighted by atomic mass is 35.5. The Morgan fingerprint density at radius 3 is 2.36 bits per heavy atom. The molecule has 3 aromatic carbocycles. The van der Waals surface area contributed by atoms with Crippen molar-refractivity contribution in [1.82, 2.24) is 0 Å². The summed E-state index contributed by atoms with van der Waals surface area (Å²) in [6.45, 7) is 1.86. The molecule has 0 saturated carbocycles. The van der Waals surface area contributed by atoms with E-state index in [1.807, 2.05) is 13.0 Å². The fraction of sp³-hybridized carbons (Fsp3) is 0.0500. The third-order valence-corrected chi connectivity index (χ3v) is 5.92. The molecule has 0 aliphatic rings. The first-order valence-corrected chi connectivity index (χ1v) is 10.4. The van der Waals surface area contributed by atoms with Gasteiger partial charge in [0, 0.05) is 5.69 Å². The predicted octanol–water partition coefficient (Wildman–Crippen LogP) is 5.35. The van der Waals surface area contributed by atoms with Crippen molar-refractivity contribution in [3.8, 4) is 0 Å². The molecule has 0 bridgehead atoms. The molecule has 0 aromatic heterocycles. The molecule has 0 unspecified atom stereocenters. The average Bonchev–Trinajstić information content (AvgIpc) is 2.63. The molecule has 0 spiro atoms. The summed E-state index contributed by atoms with van der Waals surface area (Å²) in [5.41, 5.74) is 1.76. The molecule has 0 saturated heterocycles. The summed E-state index contributed by atoms with van der Waals surface area (Å²) in [5, 5.41) is 3.11. The number of aryl methyl sites for hydroxylation is 1.